The fraction of sp³-hybridized carbons (Fsp3) is 0.304. The first-order valence-corrected chi connectivity index (χ1v) is 9.76. The van der Waals surface area contributed by atoms with Crippen LogP contribution in [0.15, 0.2) is 40.8 Å². The van der Waals surface area contributed by atoms with Crippen LogP contribution in [-0.4, -0.2) is 29.4 Å². The predicted molar refractivity (Wildman–Crippen MR) is 114 cm³/mol. The molecule has 0 atom stereocenters. The minimum atomic E-state index is 0.316. The van der Waals surface area contributed by atoms with Gasteiger partial charge in [-0.3, -0.25) is 0 Å². The third kappa shape index (κ3) is 3.35. The van der Waals surface area contributed by atoms with Crippen molar-refractivity contribution < 1.29 is 13.9 Å². The van der Waals surface area contributed by atoms with Crippen LogP contribution in [0.5, 0.6) is 11.5 Å². The van der Waals surface area contributed by atoms with Crippen LogP contribution in [0.1, 0.15) is 38.1 Å². The zero-order chi connectivity index (χ0) is 20.5. The van der Waals surface area contributed by atoms with E-state index >= 15 is 0 Å². The van der Waals surface area contributed by atoms with Gasteiger partial charge in [0.1, 0.15) is 0 Å². The number of aromatic amines is 1. The molecule has 0 fully saturated rings. The highest BCUT2D eigenvalue weighted by Crippen LogP contribution is 2.39. The van der Waals surface area contributed by atoms with Crippen molar-refractivity contribution in [1.82, 2.24) is 15.2 Å². The number of nitrogens with one attached hydrogen (secondary N) is 1. The standard InChI is InChI=1S/C23H25N3O3/c1-6-20-25-26-23(29-20)15-7-9-17-16(11-15)21(13(2)3)22(24-17)14-8-10-18(27-4)19(12-14)28-5/h7-13,24H,6H2,1-5H3. The molecule has 6 heteroatoms. The number of rotatable bonds is 6. The van der Waals surface area contributed by atoms with E-state index in [0.717, 1.165) is 34.1 Å². The van der Waals surface area contributed by atoms with Gasteiger partial charge in [0.05, 0.1) is 19.9 Å². The number of H-pyrrole nitrogens is 1. The molecular formula is C23H25N3O3. The molecule has 2 aromatic carbocycles. The third-order valence-corrected chi connectivity index (χ3v) is 5.10. The van der Waals surface area contributed by atoms with Gasteiger partial charge in [-0.15, -0.1) is 10.2 Å². The molecule has 0 unspecified atom stereocenters. The van der Waals surface area contributed by atoms with E-state index in [1.807, 2.05) is 31.2 Å². The van der Waals surface area contributed by atoms with E-state index in [1.165, 1.54) is 5.56 Å². The van der Waals surface area contributed by atoms with Gasteiger partial charge in [-0.2, -0.15) is 0 Å². The monoisotopic (exact) mass is 391 g/mol. The highest BCUT2D eigenvalue weighted by atomic mass is 16.5. The summed E-state index contributed by atoms with van der Waals surface area (Å²) < 4.78 is 16.6. The molecule has 0 spiro atoms. The molecule has 0 saturated carbocycles. The number of hydrogen-bond donors (Lipinski definition) is 1. The molecule has 0 aliphatic carbocycles. The smallest absolute Gasteiger partial charge is 0.247 e. The van der Waals surface area contributed by atoms with E-state index in [1.54, 1.807) is 14.2 Å². The predicted octanol–water partition coefficient (Wildman–Crippen LogP) is 5.59. The maximum Gasteiger partial charge on any atom is 0.247 e. The van der Waals surface area contributed by atoms with Gasteiger partial charge in [0.15, 0.2) is 11.5 Å². The van der Waals surface area contributed by atoms with Crippen molar-refractivity contribution in [2.45, 2.75) is 33.1 Å². The summed E-state index contributed by atoms with van der Waals surface area (Å²) in [5, 5.41) is 9.43. The Kier molecular flexibility index (Phi) is 5.01. The van der Waals surface area contributed by atoms with Crippen LogP contribution in [0.2, 0.25) is 0 Å². The molecule has 2 aromatic heterocycles. The molecule has 150 valence electrons. The number of aromatic nitrogens is 3. The second-order valence-electron chi connectivity index (χ2n) is 7.25. The number of benzene rings is 2. The summed E-state index contributed by atoms with van der Waals surface area (Å²) in [6.07, 6.45) is 0.722. The molecule has 2 heterocycles. The Labute approximate surface area is 169 Å². The van der Waals surface area contributed by atoms with E-state index in [4.69, 9.17) is 13.9 Å². The van der Waals surface area contributed by atoms with Crippen LogP contribution in [0, 0.1) is 0 Å². The lowest BCUT2D eigenvalue weighted by atomic mass is 9.95. The van der Waals surface area contributed by atoms with Crippen molar-refractivity contribution in [3.05, 3.63) is 47.9 Å². The van der Waals surface area contributed by atoms with Gasteiger partial charge in [0.25, 0.3) is 0 Å². The summed E-state index contributed by atoms with van der Waals surface area (Å²) in [5.74, 6) is 2.92. The Morgan fingerprint density at radius 1 is 0.966 bits per heavy atom. The fourth-order valence-electron chi connectivity index (χ4n) is 3.68. The third-order valence-electron chi connectivity index (χ3n) is 5.10. The fourth-order valence-corrected chi connectivity index (χ4v) is 3.68. The number of nitrogens with zero attached hydrogens (tertiary/aromatic N) is 2. The Hall–Kier alpha value is -3.28. The highest BCUT2D eigenvalue weighted by molar-refractivity contribution is 5.94. The van der Waals surface area contributed by atoms with E-state index in [-0.39, 0.29) is 0 Å². The minimum absolute atomic E-state index is 0.316. The number of ether oxygens (including phenoxy) is 2. The molecule has 0 aliphatic rings. The molecular weight excluding hydrogens is 366 g/mol. The van der Waals surface area contributed by atoms with Crippen molar-refractivity contribution in [3.63, 3.8) is 0 Å². The molecule has 0 saturated heterocycles. The summed E-state index contributed by atoms with van der Waals surface area (Å²) in [4.78, 5) is 3.58. The van der Waals surface area contributed by atoms with E-state index in [9.17, 15) is 0 Å². The zero-order valence-electron chi connectivity index (χ0n) is 17.4. The van der Waals surface area contributed by atoms with Crippen molar-refractivity contribution in [2.24, 2.45) is 0 Å². The average molecular weight is 391 g/mol. The maximum absolute atomic E-state index is 5.75. The van der Waals surface area contributed by atoms with Crippen molar-refractivity contribution >= 4 is 10.9 Å². The van der Waals surface area contributed by atoms with E-state index in [0.29, 0.717) is 29.2 Å². The maximum atomic E-state index is 5.75. The Morgan fingerprint density at radius 2 is 1.72 bits per heavy atom. The second kappa shape index (κ2) is 7.62. The topological polar surface area (TPSA) is 73.2 Å². The van der Waals surface area contributed by atoms with Crippen LogP contribution in [0.25, 0.3) is 33.6 Å². The minimum Gasteiger partial charge on any atom is -0.493 e. The van der Waals surface area contributed by atoms with Gasteiger partial charge in [-0.05, 0) is 47.9 Å². The molecule has 4 rings (SSSR count). The number of fused-ring (bicyclic) bond motifs is 1. The quantitative estimate of drug-likeness (QED) is 0.464. The molecule has 0 radical (unpaired) electrons. The Bertz CT molecular complexity index is 1160. The molecule has 0 amide bonds. The summed E-state index contributed by atoms with van der Waals surface area (Å²) in [6.45, 7) is 6.39. The molecule has 0 aliphatic heterocycles. The summed E-state index contributed by atoms with van der Waals surface area (Å²) >= 11 is 0. The van der Waals surface area contributed by atoms with Crippen LogP contribution in [-0.2, 0) is 6.42 Å². The zero-order valence-corrected chi connectivity index (χ0v) is 17.4. The molecule has 4 aromatic rings. The summed E-state index contributed by atoms with van der Waals surface area (Å²) in [6, 6.07) is 12.2. The highest BCUT2D eigenvalue weighted by Gasteiger charge is 2.19. The van der Waals surface area contributed by atoms with Crippen LogP contribution in [0.4, 0.5) is 0 Å². The summed E-state index contributed by atoms with van der Waals surface area (Å²) in [5.41, 5.74) is 5.36. The first-order chi connectivity index (χ1) is 14.0. The van der Waals surface area contributed by atoms with Gasteiger partial charge >= 0.3 is 0 Å². The van der Waals surface area contributed by atoms with E-state index in [2.05, 4.69) is 41.2 Å². The molecule has 1 N–H and O–H groups in total. The summed E-state index contributed by atoms with van der Waals surface area (Å²) in [7, 11) is 3.29. The van der Waals surface area contributed by atoms with Crippen molar-refractivity contribution in [3.8, 4) is 34.2 Å². The lowest BCUT2D eigenvalue weighted by molar-refractivity contribution is 0.355. The lowest BCUT2D eigenvalue weighted by Crippen LogP contribution is -1.93. The van der Waals surface area contributed by atoms with Crippen molar-refractivity contribution in [2.75, 3.05) is 14.2 Å². The number of aryl methyl sites for hydroxylation is 1. The normalized spacial score (nSPS) is 11.4. The lowest BCUT2D eigenvalue weighted by Gasteiger charge is -2.12. The Morgan fingerprint density at radius 3 is 2.38 bits per heavy atom. The number of hydrogen-bond acceptors (Lipinski definition) is 5. The van der Waals surface area contributed by atoms with Crippen LogP contribution in [0.3, 0.4) is 0 Å². The SMILES string of the molecule is CCc1nnc(-c2ccc3[nH]c(-c4ccc(OC)c(OC)c4)c(C(C)C)c3c2)o1. The molecule has 29 heavy (non-hydrogen) atoms. The Balaban J connectivity index is 1.88. The molecule has 6 nitrogen and oxygen atoms in total. The first kappa shape index (κ1) is 19.1. The second-order valence-corrected chi connectivity index (χ2v) is 7.25. The van der Waals surface area contributed by atoms with Gasteiger partial charge in [0, 0.05) is 28.5 Å². The van der Waals surface area contributed by atoms with Gasteiger partial charge in [0.2, 0.25) is 11.8 Å². The average Bonchev–Trinajstić information content (AvgIpc) is 3.37. The first-order valence-electron chi connectivity index (χ1n) is 9.76. The van der Waals surface area contributed by atoms with Gasteiger partial charge in [-0.25, -0.2) is 0 Å². The van der Waals surface area contributed by atoms with Gasteiger partial charge in [-0.1, -0.05) is 20.8 Å². The van der Waals surface area contributed by atoms with Gasteiger partial charge < -0.3 is 18.9 Å². The van der Waals surface area contributed by atoms with Crippen molar-refractivity contribution in [1.29, 1.82) is 0 Å². The largest absolute Gasteiger partial charge is 0.493 e. The number of methoxy groups -OCH3 is 2. The molecule has 0 bridgehead atoms. The van der Waals surface area contributed by atoms with Crippen LogP contribution >= 0.6 is 0 Å². The van der Waals surface area contributed by atoms with Crippen LogP contribution < -0.4 is 9.47 Å². The van der Waals surface area contributed by atoms with E-state index < -0.39 is 0 Å².